The maximum Gasteiger partial charge on any atom is 0.510 e. The molecule has 34 nitrogen and oxygen atoms in total. The highest BCUT2D eigenvalue weighted by Gasteiger charge is 2.50. The van der Waals surface area contributed by atoms with E-state index in [1.54, 1.807) is 12.1 Å². The van der Waals surface area contributed by atoms with E-state index in [9.17, 15) is 106 Å². The number of hydrogen-bond acceptors (Lipinski definition) is 32. The molecule has 9 rings (SSSR count). The largest absolute Gasteiger partial charge is 0.510 e. The van der Waals surface area contributed by atoms with Crippen molar-refractivity contribution in [2.24, 2.45) is 0 Å². The fourth-order valence-electron chi connectivity index (χ4n) is 9.84. The lowest BCUT2D eigenvalue weighted by Crippen LogP contribution is -2.60. The second-order valence-electron chi connectivity index (χ2n) is 21.7. The Labute approximate surface area is 528 Å². The summed E-state index contributed by atoms with van der Waals surface area (Å²) >= 11 is 0. The van der Waals surface area contributed by atoms with Gasteiger partial charge in [-0.05, 0) is 65.7 Å². The molecule has 0 amide bonds. The Bertz CT molecular complexity index is 3540. The van der Waals surface area contributed by atoms with Crippen molar-refractivity contribution in [3.8, 4) is 62.9 Å². The predicted octanol–water partition coefficient (Wildman–Crippen LogP) is -4.23. The lowest BCUT2D eigenvalue weighted by atomic mass is 9.99. The Morgan fingerprint density at radius 1 is 0.500 bits per heavy atom. The number of phenols is 3. The number of ether oxygens (including phenoxy) is 11. The van der Waals surface area contributed by atoms with Crippen LogP contribution in [0.5, 0.6) is 40.2 Å². The van der Waals surface area contributed by atoms with Crippen LogP contribution < -0.4 is 24.4 Å². The minimum absolute atomic E-state index is 0.0328. The zero-order valence-corrected chi connectivity index (χ0v) is 48.5. The van der Waals surface area contributed by atoms with E-state index in [0.717, 1.165) is 36.4 Å². The van der Waals surface area contributed by atoms with Crippen LogP contribution in [0.2, 0.25) is 0 Å². The zero-order chi connectivity index (χ0) is 68.0. The molecule has 1 aliphatic carbocycles. The topological polar surface area (TPSA) is 548 Å². The van der Waals surface area contributed by atoms with Gasteiger partial charge in [-0.1, -0.05) is 24.3 Å². The highest BCUT2D eigenvalue weighted by molar-refractivity contribution is 5.90. The lowest BCUT2D eigenvalue weighted by Gasteiger charge is -2.40. The fourth-order valence-corrected chi connectivity index (χ4v) is 9.84. The summed E-state index contributed by atoms with van der Waals surface area (Å²) in [5.74, 6) is -9.45. The van der Waals surface area contributed by atoms with Gasteiger partial charge in [-0.2, -0.15) is 0 Å². The van der Waals surface area contributed by atoms with Crippen LogP contribution in [-0.2, 0) is 47.5 Å². The maximum absolute atomic E-state index is 13.1. The van der Waals surface area contributed by atoms with Gasteiger partial charge in [-0.25, -0.2) is 4.79 Å². The molecule has 0 aromatic heterocycles. The highest BCUT2D eigenvalue weighted by Crippen LogP contribution is 2.48. The summed E-state index contributed by atoms with van der Waals surface area (Å²) in [5, 5.41) is 181. The van der Waals surface area contributed by atoms with Crippen LogP contribution in [0.1, 0.15) is 17.5 Å². The lowest BCUT2D eigenvalue weighted by molar-refractivity contribution is -0.279. The van der Waals surface area contributed by atoms with Gasteiger partial charge in [-0.3, -0.25) is 14.4 Å². The number of benzene rings is 4. The molecule has 0 saturated carbocycles. The van der Waals surface area contributed by atoms with Crippen molar-refractivity contribution in [1.29, 1.82) is 0 Å². The van der Waals surface area contributed by atoms with Gasteiger partial charge in [0.2, 0.25) is 37.5 Å². The van der Waals surface area contributed by atoms with Crippen LogP contribution in [0.3, 0.4) is 0 Å². The molecule has 4 saturated heterocycles. The quantitative estimate of drug-likeness (QED) is 0.0103. The summed E-state index contributed by atoms with van der Waals surface area (Å²) < 4.78 is 67.5. The first-order valence-corrected chi connectivity index (χ1v) is 28.4. The molecule has 508 valence electrons. The standard InChI is InChI=1S/C60H64O34/c61-19-35-44(71)48(75)53(80)58(91-35)88-32-13-25(56-34(17-29-30(64)15-27(63)16-31(29)87-56)90-60-55(82)51(78)47(74)38(94-60)22-85-42(69)18-39(65)66)14-33(43(32)70)89-59-54(81)50(77)46(73)37(93-59)21-84-41(68)12-6-24-3-9-28(10-4-24)86-57-52(79)49(76)45(72)36(92-57)20-83-40(67)11-5-23-1-7-26(62)8-2-23/h1-17,35-38,44-55,57-62,64,70-82H,18-22H2,(H,65,66)/p+1. The molecule has 34 heteroatoms. The second-order valence-corrected chi connectivity index (χ2v) is 21.7. The van der Waals surface area contributed by atoms with Crippen molar-refractivity contribution in [3.63, 3.8) is 0 Å². The summed E-state index contributed by atoms with van der Waals surface area (Å²) in [6, 6.07) is 16.1. The highest BCUT2D eigenvalue weighted by atomic mass is 16.7. The molecule has 20 atom stereocenters. The van der Waals surface area contributed by atoms with E-state index in [4.69, 9.17) is 61.6 Å². The smallest absolute Gasteiger partial charge is 0.508 e. The Hall–Kier alpha value is -8.63. The summed E-state index contributed by atoms with van der Waals surface area (Å²) in [6.07, 6.45) is -34.5. The van der Waals surface area contributed by atoms with E-state index < -0.39 is 231 Å². The fraction of sp³-hybridized carbons (Fsp3) is 0.417. The number of aliphatic hydroxyl groups excluding tert-OH is 13. The van der Waals surface area contributed by atoms with Gasteiger partial charge in [0, 0.05) is 23.8 Å². The number of carbonyl (C=O) groups is 3. The van der Waals surface area contributed by atoms with Gasteiger partial charge in [0.05, 0.1) is 18.2 Å². The second kappa shape index (κ2) is 30.2. The predicted molar refractivity (Wildman–Crippen MR) is 306 cm³/mol. The average Bonchev–Trinajstić information content (AvgIpc) is 0.766. The molecule has 5 aliphatic heterocycles. The number of phenolic OH excluding ortho intramolecular Hbond substituents is 3. The number of hydrogen-bond donors (Lipinski definition) is 17. The summed E-state index contributed by atoms with van der Waals surface area (Å²) in [5.41, 5.74) is -0.539. The number of aliphatic hydroxyl groups is 13. The SMILES string of the molecule is O=C(O)CC(=O)OCC1OC(Oc2cc3c(O)cc(=O)cc-3oc2-c2cc(OC3OC(CO)C(O)C(O)C3O)c(O)c(OC3OC(COC(=O)C=Cc4ccc(OC5OC(COC(=[OH+])C=Cc6ccc(O)cc6)C(O)C(O)C5O)cc4)C(O)C(O)C3O)c2)C(O)C(O)C1O. The van der Waals surface area contributed by atoms with E-state index in [-0.39, 0.29) is 17.1 Å². The molecule has 6 aliphatic rings. The van der Waals surface area contributed by atoms with Gasteiger partial charge in [0.15, 0.2) is 34.5 Å². The van der Waals surface area contributed by atoms with E-state index in [0.29, 0.717) is 11.1 Å². The number of aromatic hydroxyl groups is 3. The van der Waals surface area contributed by atoms with E-state index in [1.807, 2.05) is 0 Å². The Morgan fingerprint density at radius 2 is 0.947 bits per heavy atom. The van der Waals surface area contributed by atoms with Crippen molar-refractivity contribution in [3.05, 3.63) is 112 Å². The number of carboxylic acids is 1. The van der Waals surface area contributed by atoms with Gasteiger partial charge in [0.25, 0.3) is 0 Å². The average molecular weight is 1330 g/mol. The van der Waals surface area contributed by atoms with Crippen molar-refractivity contribution in [2.45, 2.75) is 129 Å². The van der Waals surface area contributed by atoms with Crippen LogP contribution in [0.4, 0.5) is 0 Å². The molecular formula is C60H65O34+. The third-order valence-corrected chi connectivity index (χ3v) is 15.0. The minimum atomic E-state index is -2.22. The maximum atomic E-state index is 13.1. The first-order chi connectivity index (χ1) is 44.7. The van der Waals surface area contributed by atoms with Crippen LogP contribution in [0.25, 0.3) is 34.8 Å². The third-order valence-electron chi connectivity index (χ3n) is 15.0. The normalized spacial score (nSPS) is 31.2. The van der Waals surface area contributed by atoms with Crippen molar-refractivity contribution >= 4 is 36.0 Å². The van der Waals surface area contributed by atoms with Crippen molar-refractivity contribution in [1.82, 2.24) is 0 Å². The zero-order valence-electron chi connectivity index (χ0n) is 48.5. The summed E-state index contributed by atoms with van der Waals surface area (Å²) in [4.78, 5) is 59.2. The number of carboxylic acid groups (broad SMARTS) is 1. The summed E-state index contributed by atoms with van der Waals surface area (Å²) in [6.45, 7) is -3.21. The monoisotopic (exact) mass is 1330 g/mol. The Kier molecular flexibility index (Phi) is 22.4. The molecule has 0 spiro atoms. The van der Waals surface area contributed by atoms with Crippen molar-refractivity contribution in [2.75, 3.05) is 26.4 Å². The molecule has 4 fully saturated rings. The van der Waals surface area contributed by atoms with Gasteiger partial charge in [0.1, 0.15) is 134 Å². The van der Waals surface area contributed by atoms with Crippen LogP contribution >= 0.6 is 0 Å². The molecule has 18 N–H and O–H groups in total. The molecule has 5 heterocycles. The van der Waals surface area contributed by atoms with Gasteiger partial charge >= 0.3 is 23.9 Å². The van der Waals surface area contributed by atoms with Crippen LogP contribution in [0, 0.1) is 0 Å². The summed E-state index contributed by atoms with van der Waals surface area (Å²) in [7, 11) is 0. The Morgan fingerprint density at radius 3 is 1.46 bits per heavy atom. The van der Waals surface area contributed by atoms with Gasteiger partial charge in [-0.15, -0.1) is 0 Å². The van der Waals surface area contributed by atoms with Crippen LogP contribution in [-0.4, -0.2) is 265 Å². The molecular weight excluding hydrogens is 1260 g/mol. The van der Waals surface area contributed by atoms with E-state index in [2.05, 4.69) is 0 Å². The molecule has 3 aromatic carbocycles. The van der Waals surface area contributed by atoms with E-state index in [1.165, 1.54) is 54.6 Å². The van der Waals surface area contributed by atoms with E-state index >= 15 is 0 Å². The third kappa shape index (κ3) is 16.3. The number of carbonyl (C=O) groups excluding carboxylic acids is 3. The first-order valence-electron chi connectivity index (χ1n) is 28.4. The number of fused-ring (bicyclic) bond motifs is 1. The Balaban J connectivity index is 0.919. The number of esters is 3. The number of rotatable bonds is 22. The molecule has 3 aromatic rings. The number of aliphatic carboxylic acids is 1. The molecule has 94 heavy (non-hydrogen) atoms. The van der Waals surface area contributed by atoms with Crippen molar-refractivity contribution < 1.29 is 163 Å². The molecule has 0 radical (unpaired) electrons. The van der Waals surface area contributed by atoms with Gasteiger partial charge < -0.3 is 148 Å². The minimum Gasteiger partial charge on any atom is -0.508 e. The van der Waals surface area contributed by atoms with Crippen LogP contribution in [0.15, 0.2) is 100 Å². The molecule has 20 unspecified atom stereocenters. The first kappa shape index (κ1) is 69.7. The molecule has 0 bridgehead atoms.